The van der Waals surface area contributed by atoms with Crippen molar-refractivity contribution < 1.29 is 34.4 Å². The molecule has 1 amide bonds. The molecule has 9 heteroatoms. The molecule has 4 saturated carbocycles. The van der Waals surface area contributed by atoms with Crippen LogP contribution in [0.3, 0.4) is 0 Å². The summed E-state index contributed by atoms with van der Waals surface area (Å²) in [5.41, 5.74) is 0.507. The second-order valence-corrected chi connectivity index (χ2v) is 15.4. The predicted octanol–water partition coefficient (Wildman–Crippen LogP) is 5.04. The molecule has 2 aromatic rings. The highest BCUT2D eigenvalue weighted by atomic mass is 16.4. The van der Waals surface area contributed by atoms with Crippen LogP contribution in [0.1, 0.15) is 89.7 Å². The molecule has 4 aliphatic carbocycles. The largest absolute Gasteiger partial charge is 0.481 e. The maximum Gasteiger partial charge on any atom is 0.340 e. The van der Waals surface area contributed by atoms with Crippen molar-refractivity contribution in [3.8, 4) is 0 Å². The third-order valence-electron chi connectivity index (χ3n) is 13.2. The number of anilines is 1. The lowest BCUT2D eigenvalue weighted by molar-refractivity contribution is -0.207. The van der Waals surface area contributed by atoms with Gasteiger partial charge in [-0.2, -0.15) is 0 Å². The Morgan fingerprint density at radius 3 is 2.56 bits per heavy atom. The number of aryl methyl sites for hydroxylation is 1. The number of carbonyl (C=O) groups excluding carboxylic acids is 1. The Morgan fingerprint density at radius 1 is 1.07 bits per heavy atom. The van der Waals surface area contributed by atoms with E-state index in [-0.39, 0.29) is 58.0 Å². The number of carboxylic acid groups (broad SMARTS) is 1. The lowest BCUT2D eigenvalue weighted by Gasteiger charge is -2.63. The van der Waals surface area contributed by atoms with Gasteiger partial charge in [-0.1, -0.05) is 20.8 Å². The fourth-order valence-corrected chi connectivity index (χ4v) is 10.7. The highest BCUT2D eigenvalue weighted by molar-refractivity contribution is 5.94. The van der Waals surface area contributed by atoms with E-state index < -0.39 is 30.2 Å². The van der Waals surface area contributed by atoms with Crippen LogP contribution in [0.5, 0.6) is 0 Å². The van der Waals surface area contributed by atoms with Gasteiger partial charge in [-0.25, -0.2) is 4.79 Å². The number of hydrogen-bond acceptors (Lipinski definition) is 7. The van der Waals surface area contributed by atoms with E-state index in [2.05, 4.69) is 26.1 Å². The number of nitrogens with one attached hydrogen (secondary N) is 1. The Bertz CT molecular complexity index is 1530. The average molecular weight is 624 g/mol. The first-order valence-corrected chi connectivity index (χ1v) is 16.9. The lowest BCUT2D eigenvalue weighted by atomic mass is 9.43. The van der Waals surface area contributed by atoms with Crippen LogP contribution in [0.4, 0.5) is 5.69 Å². The molecular formula is C36H49NO8. The molecule has 0 bridgehead atoms. The third-order valence-corrected chi connectivity index (χ3v) is 13.2. The summed E-state index contributed by atoms with van der Waals surface area (Å²) in [6.07, 6.45) is 5.28. The summed E-state index contributed by atoms with van der Waals surface area (Å²) < 4.78 is 5.40. The van der Waals surface area contributed by atoms with Crippen molar-refractivity contribution in [2.75, 3.05) is 5.32 Å². The van der Waals surface area contributed by atoms with Crippen molar-refractivity contribution in [3.63, 3.8) is 0 Å². The predicted molar refractivity (Wildman–Crippen MR) is 170 cm³/mol. The van der Waals surface area contributed by atoms with Gasteiger partial charge in [0.05, 0.1) is 30.3 Å². The van der Waals surface area contributed by atoms with E-state index in [4.69, 9.17) is 9.52 Å². The Kier molecular flexibility index (Phi) is 8.45. The van der Waals surface area contributed by atoms with E-state index in [0.717, 1.165) is 38.5 Å². The van der Waals surface area contributed by atoms with Crippen LogP contribution in [0, 0.1) is 53.3 Å². The quantitative estimate of drug-likeness (QED) is 0.268. The van der Waals surface area contributed by atoms with Gasteiger partial charge in [0.2, 0.25) is 5.91 Å². The summed E-state index contributed by atoms with van der Waals surface area (Å²) in [7, 11) is 0. The molecule has 246 valence electrons. The number of aliphatic hydroxyl groups excluding tert-OH is 3. The molecule has 0 spiro atoms. The SMILES string of the molecule is Cc1c(CC(=O)O)c(=O)oc2cc(NC(=O)CC[C@@H](C)[C@H]3CC[C@H]4C5C(O)C[C@@H]6C[C@H](O)CC[C@]6(C)[C@H]5C[C@H](O)[C@]34C)ccc12. The summed E-state index contributed by atoms with van der Waals surface area (Å²) in [6.45, 7) is 8.45. The standard InChI is InChI=1S/C36H49NO8/c1-18(5-10-31(41)37-21-6-7-23-19(2)24(16-32(42)43)34(44)45-29(23)15-21)25-8-9-26-33-27(17-30(40)36(25,26)4)35(3)12-11-22(38)13-20(35)14-28(33)39/h6-7,15,18,20,22,25-28,30,33,38-40H,5,8-14,16-17H2,1-4H3,(H,37,41)(H,42,43)/t18-,20+,22-,25-,26+,27+,28?,30+,33?,35+,36-/m1/s1. The molecule has 6 rings (SSSR count). The van der Waals surface area contributed by atoms with Crippen molar-refractivity contribution in [2.24, 2.45) is 46.3 Å². The molecule has 4 fully saturated rings. The topological polar surface area (TPSA) is 157 Å². The Labute approximate surface area is 264 Å². The van der Waals surface area contributed by atoms with Crippen molar-refractivity contribution in [2.45, 2.75) is 110 Å². The van der Waals surface area contributed by atoms with E-state index in [1.54, 1.807) is 25.1 Å². The maximum atomic E-state index is 13.1. The second kappa shape index (κ2) is 11.8. The minimum Gasteiger partial charge on any atom is -0.481 e. The monoisotopic (exact) mass is 623 g/mol. The second-order valence-electron chi connectivity index (χ2n) is 15.4. The minimum absolute atomic E-state index is 0.0397. The van der Waals surface area contributed by atoms with Gasteiger partial charge in [-0.3, -0.25) is 9.59 Å². The number of carboxylic acids is 1. The molecule has 9 nitrogen and oxygen atoms in total. The number of benzene rings is 1. The van der Waals surface area contributed by atoms with Crippen LogP contribution < -0.4 is 10.9 Å². The Hall–Kier alpha value is -2.75. The molecule has 1 heterocycles. The third kappa shape index (κ3) is 5.42. The molecule has 0 saturated heterocycles. The van der Waals surface area contributed by atoms with E-state index in [1.165, 1.54) is 0 Å². The number of aliphatic hydroxyl groups is 3. The van der Waals surface area contributed by atoms with Crippen LogP contribution in [0.2, 0.25) is 0 Å². The first-order valence-electron chi connectivity index (χ1n) is 16.9. The number of aliphatic carboxylic acids is 1. The van der Waals surface area contributed by atoms with Gasteiger partial charge in [0.15, 0.2) is 0 Å². The first kappa shape index (κ1) is 32.2. The van der Waals surface area contributed by atoms with Gasteiger partial charge in [0.1, 0.15) is 5.58 Å². The molecule has 1 aromatic heterocycles. The van der Waals surface area contributed by atoms with Crippen LogP contribution in [-0.4, -0.2) is 50.6 Å². The molecule has 1 aromatic carbocycles. The summed E-state index contributed by atoms with van der Waals surface area (Å²) >= 11 is 0. The molecule has 0 radical (unpaired) electrons. The fourth-order valence-electron chi connectivity index (χ4n) is 10.7. The first-order chi connectivity index (χ1) is 21.2. The van der Waals surface area contributed by atoms with Gasteiger partial charge in [0, 0.05) is 23.6 Å². The molecule has 2 unspecified atom stereocenters. The van der Waals surface area contributed by atoms with Gasteiger partial charge in [-0.05, 0) is 122 Å². The van der Waals surface area contributed by atoms with Crippen LogP contribution in [-0.2, 0) is 16.0 Å². The van der Waals surface area contributed by atoms with Crippen molar-refractivity contribution in [1.82, 2.24) is 0 Å². The van der Waals surface area contributed by atoms with Gasteiger partial charge in [0.25, 0.3) is 0 Å². The van der Waals surface area contributed by atoms with Gasteiger partial charge < -0.3 is 30.2 Å². The molecular weight excluding hydrogens is 574 g/mol. The number of hydrogen-bond donors (Lipinski definition) is 5. The number of rotatable bonds is 7. The zero-order valence-corrected chi connectivity index (χ0v) is 26.9. The molecule has 0 aliphatic heterocycles. The Balaban J connectivity index is 1.12. The smallest absolute Gasteiger partial charge is 0.340 e. The van der Waals surface area contributed by atoms with Crippen LogP contribution >= 0.6 is 0 Å². The molecule has 4 aliphatic rings. The maximum absolute atomic E-state index is 13.1. The van der Waals surface area contributed by atoms with Crippen LogP contribution in [0.25, 0.3) is 11.0 Å². The van der Waals surface area contributed by atoms with Gasteiger partial charge in [-0.15, -0.1) is 0 Å². The van der Waals surface area contributed by atoms with E-state index in [1.807, 2.05) is 0 Å². The molecule has 45 heavy (non-hydrogen) atoms. The number of fused-ring (bicyclic) bond motifs is 6. The number of amides is 1. The molecule has 11 atom stereocenters. The summed E-state index contributed by atoms with van der Waals surface area (Å²) in [6, 6.07) is 5.05. The molecule has 5 N–H and O–H groups in total. The highest BCUT2D eigenvalue weighted by Gasteiger charge is 2.65. The van der Waals surface area contributed by atoms with E-state index >= 15 is 0 Å². The van der Waals surface area contributed by atoms with E-state index in [0.29, 0.717) is 47.4 Å². The highest BCUT2D eigenvalue weighted by Crippen LogP contribution is 2.68. The van der Waals surface area contributed by atoms with E-state index in [9.17, 15) is 29.7 Å². The lowest BCUT2D eigenvalue weighted by Crippen LogP contribution is -2.62. The van der Waals surface area contributed by atoms with Crippen molar-refractivity contribution in [1.29, 1.82) is 0 Å². The minimum atomic E-state index is -1.10. The number of carbonyl (C=O) groups is 2. The van der Waals surface area contributed by atoms with Crippen LogP contribution in [0.15, 0.2) is 27.4 Å². The summed E-state index contributed by atoms with van der Waals surface area (Å²) in [4.78, 5) is 36.6. The summed E-state index contributed by atoms with van der Waals surface area (Å²) in [5, 5.41) is 46.4. The van der Waals surface area contributed by atoms with Crippen molar-refractivity contribution >= 4 is 28.5 Å². The van der Waals surface area contributed by atoms with Gasteiger partial charge >= 0.3 is 11.6 Å². The normalized spacial score (nSPS) is 38.2. The summed E-state index contributed by atoms with van der Waals surface area (Å²) in [5.74, 6) is 0.142. The Morgan fingerprint density at radius 2 is 1.82 bits per heavy atom. The zero-order chi connectivity index (χ0) is 32.4. The fraction of sp³-hybridized carbons (Fsp3) is 0.694. The van der Waals surface area contributed by atoms with Crippen molar-refractivity contribution in [3.05, 3.63) is 39.7 Å². The average Bonchev–Trinajstić information content (AvgIpc) is 3.33. The zero-order valence-electron chi connectivity index (χ0n) is 26.9.